The molecule has 1 aliphatic carbocycles. The summed E-state index contributed by atoms with van der Waals surface area (Å²) in [6.07, 6.45) is 5.62. The fraction of sp³-hybridized carbons (Fsp3) is 0.263. The molecule has 0 spiro atoms. The first-order valence-corrected chi connectivity index (χ1v) is 8.91. The van der Waals surface area contributed by atoms with Gasteiger partial charge >= 0.3 is 0 Å². The zero-order valence-electron chi connectivity index (χ0n) is 12.7. The van der Waals surface area contributed by atoms with Gasteiger partial charge in [0, 0.05) is 21.0 Å². The van der Waals surface area contributed by atoms with Crippen LogP contribution in [0.5, 0.6) is 5.75 Å². The second kappa shape index (κ2) is 5.88. The number of allylic oxidation sites excluding steroid dienone is 2. The van der Waals surface area contributed by atoms with Gasteiger partial charge in [-0.05, 0) is 42.2 Å². The van der Waals surface area contributed by atoms with Gasteiger partial charge in [-0.25, -0.2) is 0 Å². The minimum Gasteiger partial charge on any atom is -0.495 e. The molecule has 4 heteroatoms. The van der Waals surface area contributed by atoms with Gasteiger partial charge in [0.05, 0.1) is 18.8 Å². The number of hydrogen-bond donors (Lipinski definition) is 1. The zero-order chi connectivity index (χ0) is 16.0. The van der Waals surface area contributed by atoms with Gasteiger partial charge in [0.15, 0.2) is 0 Å². The van der Waals surface area contributed by atoms with Crippen LogP contribution in [0.3, 0.4) is 0 Å². The minimum atomic E-state index is 0.243. The van der Waals surface area contributed by atoms with Crippen LogP contribution in [-0.4, -0.2) is 7.11 Å². The third-order valence-corrected chi connectivity index (χ3v) is 5.68. The molecule has 2 nitrogen and oxygen atoms in total. The Hall–Kier alpha value is -1.45. The predicted octanol–water partition coefficient (Wildman–Crippen LogP) is 5.94. The molecule has 1 aliphatic heterocycles. The number of rotatable bonds is 2. The monoisotopic (exact) mass is 389 g/mol. The lowest BCUT2D eigenvalue weighted by atomic mass is 9.77. The van der Waals surface area contributed by atoms with Crippen molar-refractivity contribution in [3.05, 3.63) is 69.2 Å². The molecule has 4 rings (SSSR count). The largest absolute Gasteiger partial charge is 0.495 e. The second-order valence-electron chi connectivity index (χ2n) is 6.07. The van der Waals surface area contributed by atoms with Crippen LogP contribution in [0, 0.1) is 5.92 Å². The highest BCUT2D eigenvalue weighted by Gasteiger charge is 2.40. The summed E-state index contributed by atoms with van der Waals surface area (Å²) in [5.41, 5.74) is 3.47. The Kier molecular flexibility index (Phi) is 3.86. The molecule has 0 aromatic heterocycles. The fourth-order valence-corrected chi connectivity index (χ4v) is 4.54. The molecule has 3 atom stereocenters. The van der Waals surface area contributed by atoms with Crippen molar-refractivity contribution < 1.29 is 4.74 Å². The first-order chi connectivity index (χ1) is 11.2. The molecule has 118 valence electrons. The fourth-order valence-electron chi connectivity index (χ4n) is 3.84. The Bertz CT molecular complexity index is 789. The number of fused-ring (bicyclic) bond motifs is 3. The van der Waals surface area contributed by atoms with Crippen molar-refractivity contribution >= 4 is 33.2 Å². The van der Waals surface area contributed by atoms with E-state index in [-0.39, 0.29) is 6.04 Å². The van der Waals surface area contributed by atoms with Gasteiger partial charge < -0.3 is 10.1 Å². The third-order valence-electron chi connectivity index (χ3n) is 4.86. The Morgan fingerprint density at radius 1 is 1.26 bits per heavy atom. The summed E-state index contributed by atoms with van der Waals surface area (Å²) in [6, 6.07) is 12.6. The molecule has 0 radical (unpaired) electrons. The molecule has 0 fully saturated rings. The quantitative estimate of drug-likeness (QED) is 0.641. The van der Waals surface area contributed by atoms with E-state index in [4.69, 9.17) is 16.3 Å². The Morgan fingerprint density at radius 2 is 2.13 bits per heavy atom. The lowest BCUT2D eigenvalue weighted by Gasteiger charge is -2.38. The summed E-state index contributed by atoms with van der Waals surface area (Å²) < 4.78 is 6.67. The van der Waals surface area contributed by atoms with Gasteiger partial charge in [-0.15, -0.1) is 0 Å². The van der Waals surface area contributed by atoms with Gasteiger partial charge in [-0.2, -0.15) is 0 Å². The van der Waals surface area contributed by atoms with Crippen molar-refractivity contribution in [2.24, 2.45) is 5.92 Å². The van der Waals surface area contributed by atoms with Crippen molar-refractivity contribution in [2.75, 3.05) is 12.4 Å². The number of methoxy groups -OCH3 is 1. The van der Waals surface area contributed by atoms with Crippen LogP contribution in [0.15, 0.2) is 53.0 Å². The number of ether oxygens (including phenoxy) is 1. The summed E-state index contributed by atoms with van der Waals surface area (Å²) in [4.78, 5) is 0. The van der Waals surface area contributed by atoms with E-state index >= 15 is 0 Å². The first-order valence-electron chi connectivity index (χ1n) is 7.74. The summed E-state index contributed by atoms with van der Waals surface area (Å²) in [5.74, 6) is 1.65. The highest BCUT2D eigenvalue weighted by atomic mass is 79.9. The maximum absolute atomic E-state index is 6.52. The highest BCUT2D eigenvalue weighted by molar-refractivity contribution is 9.10. The molecule has 0 saturated carbocycles. The maximum atomic E-state index is 6.52. The van der Waals surface area contributed by atoms with Crippen LogP contribution < -0.4 is 10.1 Å². The van der Waals surface area contributed by atoms with Gasteiger partial charge in [-0.3, -0.25) is 0 Å². The van der Waals surface area contributed by atoms with Crippen LogP contribution in [-0.2, 0) is 0 Å². The number of anilines is 1. The second-order valence-corrected chi connectivity index (χ2v) is 7.39. The minimum absolute atomic E-state index is 0.243. The number of hydrogen-bond acceptors (Lipinski definition) is 2. The molecule has 1 N–H and O–H groups in total. The smallest absolute Gasteiger partial charge is 0.142 e. The normalized spacial score (nSPS) is 24.7. The zero-order valence-corrected chi connectivity index (χ0v) is 15.1. The van der Waals surface area contributed by atoms with E-state index in [2.05, 4.69) is 57.7 Å². The molecule has 0 amide bonds. The van der Waals surface area contributed by atoms with Crippen molar-refractivity contribution in [1.82, 2.24) is 0 Å². The average Bonchev–Trinajstić information content (AvgIpc) is 3.03. The molecular weight excluding hydrogens is 374 g/mol. The van der Waals surface area contributed by atoms with Crippen LogP contribution in [0.4, 0.5) is 5.69 Å². The average molecular weight is 391 g/mol. The van der Waals surface area contributed by atoms with E-state index < -0.39 is 0 Å². The van der Waals surface area contributed by atoms with Crippen molar-refractivity contribution in [1.29, 1.82) is 0 Å². The van der Waals surface area contributed by atoms with E-state index in [0.717, 1.165) is 32.9 Å². The number of nitrogens with one attached hydrogen (secondary N) is 1. The standard InChI is InChI=1S/C19H17BrClNO/c1-23-16-9-8-15(21)17-13-6-3-7-14(13)18(22-19(16)17)11-4-2-5-12(20)10-11/h2-6,8-10,13-14,18,22H,7H2,1H3/t13-,14-,18+/m0/s1. The highest BCUT2D eigenvalue weighted by Crippen LogP contribution is 2.54. The van der Waals surface area contributed by atoms with Gasteiger partial charge in [0.25, 0.3) is 0 Å². The molecule has 23 heavy (non-hydrogen) atoms. The summed E-state index contributed by atoms with van der Waals surface area (Å²) >= 11 is 10.1. The van der Waals surface area contributed by atoms with Crippen LogP contribution in [0.2, 0.25) is 5.02 Å². The van der Waals surface area contributed by atoms with Crippen molar-refractivity contribution in [2.45, 2.75) is 18.4 Å². The number of halogens is 2. The summed E-state index contributed by atoms with van der Waals surface area (Å²) in [5, 5.41) is 4.51. The lowest BCUT2D eigenvalue weighted by Crippen LogP contribution is -2.29. The number of benzene rings is 2. The topological polar surface area (TPSA) is 21.3 Å². The summed E-state index contributed by atoms with van der Waals surface area (Å²) in [6.45, 7) is 0. The van der Waals surface area contributed by atoms with Crippen LogP contribution >= 0.6 is 27.5 Å². The lowest BCUT2D eigenvalue weighted by molar-refractivity contribution is 0.397. The van der Waals surface area contributed by atoms with Gasteiger partial charge in [0.2, 0.25) is 0 Å². The van der Waals surface area contributed by atoms with Gasteiger partial charge in [-0.1, -0.05) is 51.8 Å². The Morgan fingerprint density at radius 3 is 2.91 bits per heavy atom. The molecule has 2 aliphatic rings. The predicted molar refractivity (Wildman–Crippen MR) is 98.5 cm³/mol. The molecule has 1 heterocycles. The first kappa shape index (κ1) is 15.1. The van der Waals surface area contributed by atoms with Gasteiger partial charge in [0.1, 0.15) is 5.75 Å². The van der Waals surface area contributed by atoms with Crippen LogP contribution in [0.25, 0.3) is 0 Å². The SMILES string of the molecule is COc1ccc(Cl)c2c1N[C@H](c1cccc(Br)c1)[C@H]1CC=C[C@H]21. The molecule has 0 unspecified atom stereocenters. The maximum Gasteiger partial charge on any atom is 0.142 e. The molecule has 0 saturated heterocycles. The Balaban J connectivity index is 1.86. The van der Waals surface area contributed by atoms with Crippen molar-refractivity contribution in [3.8, 4) is 5.75 Å². The molecule has 2 aromatic carbocycles. The van der Waals surface area contributed by atoms with E-state index in [9.17, 15) is 0 Å². The van der Waals surface area contributed by atoms with E-state index in [0.29, 0.717) is 11.8 Å². The third kappa shape index (κ3) is 2.47. The molecular formula is C19H17BrClNO. The van der Waals surface area contributed by atoms with Crippen LogP contribution in [0.1, 0.15) is 29.5 Å². The summed E-state index contributed by atoms with van der Waals surface area (Å²) in [7, 11) is 1.70. The van der Waals surface area contributed by atoms with E-state index in [1.807, 2.05) is 12.1 Å². The van der Waals surface area contributed by atoms with E-state index in [1.165, 1.54) is 5.56 Å². The Labute approximate surface area is 149 Å². The molecule has 0 bridgehead atoms. The molecule has 2 aromatic rings. The van der Waals surface area contributed by atoms with E-state index in [1.54, 1.807) is 7.11 Å². The van der Waals surface area contributed by atoms with Crippen molar-refractivity contribution in [3.63, 3.8) is 0 Å².